The number of carbonyl (C=O) groups is 2. The zero-order chi connectivity index (χ0) is 32.4. The zero-order valence-corrected chi connectivity index (χ0v) is 25.5. The lowest BCUT2D eigenvalue weighted by atomic mass is 9.53. The molecule has 0 atom stereocenters. The molecule has 1 spiro atoms. The van der Waals surface area contributed by atoms with Crippen LogP contribution >= 0.6 is 0 Å². The Balaban J connectivity index is 1.16. The van der Waals surface area contributed by atoms with Gasteiger partial charge >= 0.3 is 0 Å². The van der Waals surface area contributed by atoms with E-state index in [-0.39, 0.29) is 54.4 Å². The van der Waals surface area contributed by atoms with Crippen LogP contribution < -0.4 is 26.3 Å². The van der Waals surface area contributed by atoms with Gasteiger partial charge in [0, 0.05) is 12.2 Å². The molecule has 2 aromatic carbocycles. The average Bonchev–Trinajstić information content (AvgIpc) is 2.98. The zero-order valence-electron chi connectivity index (χ0n) is 25.5. The number of ether oxygens (including phenoxy) is 2. The molecule has 0 radical (unpaired) electrons. The van der Waals surface area contributed by atoms with Crippen molar-refractivity contribution in [2.24, 2.45) is 16.9 Å². The van der Waals surface area contributed by atoms with Gasteiger partial charge in [-0.3, -0.25) is 14.6 Å². The molecular formula is C34H40N4O7. The topological polar surface area (TPSA) is 190 Å². The van der Waals surface area contributed by atoms with E-state index >= 15 is 0 Å². The highest BCUT2D eigenvalue weighted by atomic mass is 16.5. The maximum atomic E-state index is 13.0. The molecule has 2 saturated carbocycles. The van der Waals surface area contributed by atoms with E-state index in [4.69, 9.17) is 20.9 Å². The molecule has 8 N–H and O–H groups in total. The second-order valence-corrected chi connectivity index (χ2v) is 12.7. The quantitative estimate of drug-likeness (QED) is 0.166. The summed E-state index contributed by atoms with van der Waals surface area (Å²) >= 11 is 0. The van der Waals surface area contributed by atoms with Crippen molar-refractivity contribution in [2.75, 3.05) is 6.61 Å². The maximum Gasteiger partial charge on any atom is 0.255 e. The number of aliphatic hydroxyl groups excluding tert-OH is 2. The van der Waals surface area contributed by atoms with Gasteiger partial charge in [0.2, 0.25) is 0 Å². The third-order valence-electron chi connectivity index (χ3n) is 8.32. The van der Waals surface area contributed by atoms with Gasteiger partial charge in [0.25, 0.3) is 11.8 Å². The number of pyridine rings is 1. The summed E-state index contributed by atoms with van der Waals surface area (Å²) in [7, 11) is 0. The number of rotatable bonds is 12. The minimum Gasteiger partial charge on any atom is -0.490 e. The highest BCUT2D eigenvalue weighted by Gasteiger charge is 2.54. The first-order valence-corrected chi connectivity index (χ1v) is 14.9. The number of benzene rings is 2. The van der Waals surface area contributed by atoms with Crippen LogP contribution in [0.5, 0.6) is 11.5 Å². The number of aliphatic hydroxyl groups is 3. The molecular weight excluding hydrogens is 576 g/mol. The number of hydrogen-bond acceptors (Lipinski definition) is 9. The molecule has 0 bridgehead atoms. The summed E-state index contributed by atoms with van der Waals surface area (Å²) < 4.78 is 11.8. The maximum absolute atomic E-state index is 13.0. The Kier molecular flexibility index (Phi) is 9.15. The summed E-state index contributed by atoms with van der Waals surface area (Å²) in [6.07, 6.45) is 5.79. The number of primary amides is 1. The normalized spacial score (nSPS) is 21.0. The van der Waals surface area contributed by atoms with Crippen LogP contribution in [-0.4, -0.2) is 56.5 Å². The van der Waals surface area contributed by atoms with Crippen LogP contribution in [0.4, 0.5) is 0 Å². The van der Waals surface area contributed by atoms with Crippen LogP contribution in [0, 0.1) is 5.41 Å². The Morgan fingerprint density at radius 2 is 1.71 bits per heavy atom. The minimum absolute atomic E-state index is 0.00757. The highest BCUT2D eigenvalue weighted by Crippen LogP contribution is 2.57. The molecule has 0 aliphatic heterocycles. The van der Waals surface area contributed by atoms with Gasteiger partial charge in [-0.1, -0.05) is 12.1 Å². The molecule has 11 heteroatoms. The second kappa shape index (κ2) is 12.9. The number of aromatic nitrogens is 1. The number of nitrogens with zero attached hydrogens (tertiary/aromatic N) is 1. The van der Waals surface area contributed by atoms with E-state index in [2.05, 4.69) is 10.3 Å². The van der Waals surface area contributed by atoms with Crippen molar-refractivity contribution in [3.63, 3.8) is 0 Å². The van der Waals surface area contributed by atoms with Crippen molar-refractivity contribution < 1.29 is 34.4 Å². The van der Waals surface area contributed by atoms with Gasteiger partial charge < -0.3 is 41.6 Å². The average molecular weight is 617 g/mol. The van der Waals surface area contributed by atoms with Gasteiger partial charge in [-0.15, -0.1) is 0 Å². The Morgan fingerprint density at radius 1 is 1.02 bits per heavy atom. The molecule has 1 heterocycles. The van der Waals surface area contributed by atoms with Crippen molar-refractivity contribution in [1.29, 1.82) is 0 Å². The molecule has 5 rings (SSSR count). The van der Waals surface area contributed by atoms with Crippen LogP contribution in [0.15, 0.2) is 60.9 Å². The molecule has 1 aromatic heterocycles. The number of amides is 2. The van der Waals surface area contributed by atoms with Crippen LogP contribution in [0.1, 0.15) is 66.7 Å². The number of hydrogen-bond donors (Lipinski definition) is 6. The SMILES string of the molecule is CC(C)(O)COc1ccc(C(=CN)C(=O)NC2CC3(C2)CC(Oc2cc(-c4cc(CO)cc(CO)c4)ccc2C(N)=O)C3)nc1. The van der Waals surface area contributed by atoms with E-state index in [0.29, 0.717) is 28.3 Å². The van der Waals surface area contributed by atoms with Crippen molar-refractivity contribution in [3.8, 4) is 22.6 Å². The third kappa shape index (κ3) is 7.44. The van der Waals surface area contributed by atoms with Crippen LogP contribution in [0.2, 0.25) is 0 Å². The van der Waals surface area contributed by atoms with E-state index in [9.17, 15) is 24.9 Å². The Hall–Kier alpha value is -4.45. The van der Waals surface area contributed by atoms with Gasteiger partial charge in [-0.05, 0) is 104 Å². The van der Waals surface area contributed by atoms with Crippen molar-refractivity contribution in [1.82, 2.24) is 10.3 Å². The number of nitrogens with two attached hydrogens (primary N) is 2. The summed E-state index contributed by atoms with van der Waals surface area (Å²) in [5, 5.41) is 32.1. The first-order chi connectivity index (χ1) is 21.4. The summed E-state index contributed by atoms with van der Waals surface area (Å²) in [4.78, 5) is 29.5. The van der Waals surface area contributed by atoms with E-state index in [0.717, 1.165) is 36.8 Å². The first-order valence-electron chi connectivity index (χ1n) is 14.9. The smallest absolute Gasteiger partial charge is 0.255 e. The molecule has 0 unspecified atom stereocenters. The van der Waals surface area contributed by atoms with E-state index in [1.807, 2.05) is 12.1 Å². The highest BCUT2D eigenvalue weighted by molar-refractivity contribution is 6.18. The molecule has 2 aliphatic carbocycles. The summed E-state index contributed by atoms with van der Waals surface area (Å²) in [6.45, 7) is 3.07. The van der Waals surface area contributed by atoms with Crippen LogP contribution in [0.25, 0.3) is 16.7 Å². The van der Waals surface area contributed by atoms with Gasteiger partial charge in [-0.2, -0.15) is 0 Å². The van der Waals surface area contributed by atoms with Gasteiger partial charge in [0.15, 0.2) is 0 Å². The van der Waals surface area contributed by atoms with E-state index in [1.165, 1.54) is 12.4 Å². The summed E-state index contributed by atoms with van der Waals surface area (Å²) in [5.41, 5.74) is 14.4. The molecule has 2 amide bonds. The Bertz CT molecular complexity index is 1560. The molecule has 3 aromatic rings. The summed E-state index contributed by atoms with van der Waals surface area (Å²) in [6, 6.07) is 13.9. The predicted octanol–water partition coefficient (Wildman–Crippen LogP) is 2.79. The fourth-order valence-electron chi connectivity index (χ4n) is 6.13. The number of carbonyl (C=O) groups excluding carboxylic acids is 2. The number of nitrogens with one attached hydrogen (secondary N) is 1. The molecule has 2 aliphatic rings. The Labute approximate surface area is 261 Å². The Morgan fingerprint density at radius 3 is 2.27 bits per heavy atom. The lowest BCUT2D eigenvalue weighted by molar-refractivity contribution is -0.122. The molecule has 11 nitrogen and oxygen atoms in total. The lowest BCUT2D eigenvalue weighted by Crippen LogP contribution is -2.58. The van der Waals surface area contributed by atoms with Gasteiger partial charge in [-0.25, -0.2) is 0 Å². The predicted molar refractivity (Wildman–Crippen MR) is 168 cm³/mol. The largest absolute Gasteiger partial charge is 0.490 e. The van der Waals surface area contributed by atoms with Gasteiger partial charge in [0.05, 0.1) is 47.9 Å². The van der Waals surface area contributed by atoms with Crippen molar-refractivity contribution in [3.05, 3.63) is 83.3 Å². The molecule has 45 heavy (non-hydrogen) atoms. The van der Waals surface area contributed by atoms with Crippen LogP contribution in [-0.2, 0) is 18.0 Å². The fourth-order valence-corrected chi connectivity index (χ4v) is 6.13. The van der Waals surface area contributed by atoms with Crippen LogP contribution in [0.3, 0.4) is 0 Å². The van der Waals surface area contributed by atoms with Crippen molar-refractivity contribution >= 4 is 17.4 Å². The standard InChI is InChI=1S/C34H40N4O7/c1-33(2,43)19-44-25-4-6-29(37-16-25)28(15-35)32(42)38-24-11-34(12-24)13-26(14-34)45-30-10-22(3-5-27(30)31(36)41)23-8-20(17-39)7-21(9-23)18-40/h3-10,15-16,24,26,39-40,43H,11-14,17-19,35H2,1-2H3,(H2,36,41)(H,38,42). The molecule has 0 saturated heterocycles. The van der Waals surface area contributed by atoms with E-state index in [1.54, 1.807) is 50.2 Å². The summed E-state index contributed by atoms with van der Waals surface area (Å²) in [5.74, 6) is -0.0289. The van der Waals surface area contributed by atoms with Crippen molar-refractivity contribution in [2.45, 2.75) is 70.5 Å². The van der Waals surface area contributed by atoms with E-state index < -0.39 is 11.5 Å². The monoisotopic (exact) mass is 616 g/mol. The first kappa shape index (κ1) is 32.0. The second-order valence-electron chi connectivity index (χ2n) is 12.7. The minimum atomic E-state index is -0.981. The van der Waals surface area contributed by atoms with Gasteiger partial charge in [0.1, 0.15) is 18.1 Å². The molecule has 238 valence electrons. The molecule has 2 fully saturated rings. The fraction of sp³-hybridized carbons (Fsp3) is 0.382. The third-order valence-corrected chi connectivity index (χ3v) is 8.32. The lowest BCUT2D eigenvalue weighted by Gasteiger charge is -2.57.